The SMILES string of the molecule is CCN(CC)S(=O)(=O)c1ccc(C(=O)NCC(=O)OCC(=O)NC2CCS(=O)(=O)C2)cc1. The smallest absolute Gasteiger partial charge is 0.325 e. The van der Waals surface area contributed by atoms with Gasteiger partial charge in [0, 0.05) is 24.7 Å². The van der Waals surface area contributed by atoms with E-state index in [-0.39, 0.29) is 22.0 Å². The van der Waals surface area contributed by atoms with Crippen LogP contribution in [0.25, 0.3) is 0 Å². The highest BCUT2D eigenvalue weighted by atomic mass is 32.2. The van der Waals surface area contributed by atoms with Crippen molar-refractivity contribution in [2.75, 3.05) is 37.7 Å². The van der Waals surface area contributed by atoms with E-state index < -0.39 is 56.8 Å². The third-order valence-corrected chi connectivity index (χ3v) is 8.65. The monoisotopic (exact) mass is 489 g/mol. The second-order valence-electron chi connectivity index (χ2n) is 7.12. The highest BCUT2D eigenvalue weighted by Gasteiger charge is 2.29. The maximum Gasteiger partial charge on any atom is 0.325 e. The summed E-state index contributed by atoms with van der Waals surface area (Å²) in [4.78, 5) is 35.7. The molecule has 1 aliphatic heterocycles. The summed E-state index contributed by atoms with van der Waals surface area (Å²) in [5, 5.41) is 4.80. The highest BCUT2D eigenvalue weighted by Crippen LogP contribution is 2.16. The van der Waals surface area contributed by atoms with Crippen LogP contribution in [0.4, 0.5) is 0 Å². The molecule has 1 saturated heterocycles. The predicted molar refractivity (Wildman–Crippen MR) is 115 cm³/mol. The van der Waals surface area contributed by atoms with E-state index in [4.69, 9.17) is 4.74 Å². The van der Waals surface area contributed by atoms with Crippen LogP contribution in [0.1, 0.15) is 30.6 Å². The number of esters is 1. The highest BCUT2D eigenvalue weighted by molar-refractivity contribution is 7.91. The Morgan fingerprint density at radius 3 is 2.28 bits per heavy atom. The molecule has 1 aromatic carbocycles. The maximum atomic E-state index is 12.5. The Balaban J connectivity index is 1.79. The molecule has 13 heteroatoms. The number of nitrogens with zero attached hydrogens (tertiary/aromatic N) is 1. The third-order valence-electron chi connectivity index (χ3n) is 4.81. The lowest BCUT2D eigenvalue weighted by atomic mass is 10.2. The molecular weight excluding hydrogens is 462 g/mol. The van der Waals surface area contributed by atoms with Crippen molar-refractivity contribution in [2.45, 2.75) is 31.2 Å². The largest absolute Gasteiger partial charge is 0.454 e. The zero-order valence-electron chi connectivity index (χ0n) is 17.9. The molecule has 0 saturated carbocycles. The van der Waals surface area contributed by atoms with Crippen LogP contribution in [-0.2, 0) is 34.2 Å². The van der Waals surface area contributed by atoms with Gasteiger partial charge in [0.15, 0.2) is 16.4 Å². The van der Waals surface area contributed by atoms with Crippen LogP contribution in [0.5, 0.6) is 0 Å². The normalized spacial score (nSPS) is 17.7. The van der Waals surface area contributed by atoms with Gasteiger partial charge in [-0.05, 0) is 30.7 Å². The summed E-state index contributed by atoms with van der Waals surface area (Å²) in [7, 11) is -6.78. The number of sulfone groups is 1. The van der Waals surface area contributed by atoms with Crippen molar-refractivity contribution < 1.29 is 36.0 Å². The van der Waals surface area contributed by atoms with Crippen LogP contribution in [0.15, 0.2) is 29.2 Å². The lowest BCUT2D eigenvalue weighted by Gasteiger charge is -2.18. The van der Waals surface area contributed by atoms with Crippen molar-refractivity contribution in [1.29, 1.82) is 0 Å². The second kappa shape index (κ2) is 10.9. The standard InChI is InChI=1S/C19H27N3O8S2/c1-3-22(4-2)32(28,29)16-7-5-14(6-8-16)19(25)20-11-18(24)30-12-17(23)21-15-9-10-31(26,27)13-15/h5-8,15H,3-4,9-13H2,1-2H3,(H,20,25)(H,21,23). The number of amides is 2. The second-order valence-corrected chi connectivity index (χ2v) is 11.3. The fourth-order valence-corrected chi connectivity index (χ4v) is 6.25. The Morgan fingerprint density at radius 2 is 1.75 bits per heavy atom. The molecule has 0 aliphatic carbocycles. The maximum absolute atomic E-state index is 12.5. The van der Waals surface area contributed by atoms with Crippen LogP contribution in [-0.4, -0.2) is 82.7 Å². The summed E-state index contributed by atoms with van der Waals surface area (Å²) in [6.07, 6.45) is 0.313. The number of rotatable bonds is 10. The predicted octanol–water partition coefficient (Wildman–Crippen LogP) is -0.707. The Kier molecular flexibility index (Phi) is 8.75. The van der Waals surface area contributed by atoms with E-state index in [0.29, 0.717) is 19.5 Å². The van der Waals surface area contributed by atoms with Crippen molar-refractivity contribution in [3.8, 4) is 0 Å². The van der Waals surface area contributed by atoms with Crippen molar-refractivity contribution >= 4 is 37.6 Å². The molecule has 32 heavy (non-hydrogen) atoms. The summed E-state index contributed by atoms with van der Waals surface area (Å²) in [5.74, 6) is -2.23. The molecule has 1 atom stereocenters. The molecule has 2 amide bonds. The van der Waals surface area contributed by atoms with E-state index in [1.807, 2.05) is 0 Å². The number of nitrogens with one attached hydrogen (secondary N) is 2. The van der Waals surface area contributed by atoms with E-state index in [0.717, 1.165) is 0 Å². The summed E-state index contributed by atoms with van der Waals surface area (Å²) in [6.45, 7) is 3.00. The van der Waals surface area contributed by atoms with Gasteiger partial charge in [0.1, 0.15) is 6.54 Å². The quantitative estimate of drug-likeness (QED) is 0.408. The molecular formula is C19H27N3O8S2. The average Bonchev–Trinajstić information content (AvgIpc) is 3.09. The van der Waals surface area contributed by atoms with Gasteiger partial charge >= 0.3 is 5.97 Å². The van der Waals surface area contributed by atoms with E-state index in [1.165, 1.54) is 28.6 Å². The van der Waals surface area contributed by atoms with Gasteiger partial charge in [-0.3, -0.25) is 14.4 Å². The van der Waals surface area contributed by atoms with Crippen LogP contribution in [0, 0.1) is 0 Å². The molecule has 1 aliphatic rings. The molecule has 1 unspecified atom stereocenters. The number of benzene rings is 1. The first-order valence-corrected chi connectivity index (χ1v) is 13.3. The molecule has 1 fully saturated rings. The number of carbonyl (C=O) groups is 3. The van der Waals surface area contributed by atoms with Crippen molar-refractivity contribution in [3.63, 3.8) is 0 Å². The zero-order valence-corrected chi connectivity index (χ0v) is 19.5. The number of sulfonamides is 1. The van der Waals surface area contributed by atoms with Gasteiger partial charge in [0.05, 0.1) is 16.4 Å². The first-order valence-electron chi connectivity index (χ1n) is 10.0. The molecule has 0 aromatic heterocycles. The molecule has 1 aromatic rings. The van der Waals surface area contributed by atoms with E-state index in [9.17, 15) is 31.2 Å². The Morgan fingerprint density at radius 1 is 1.12 bits per heavy atom. The van der Waals surface area contributed by atoms with Crippen LogP contribution < -0.4 is 10.6 Å². The molecule has 0 radical (unpaired) electrons. The molecule has 178 valence electrons. The first kappa shape index (κ1) is 25.7. The fourth-order valence-electron chi connectivity index (χ4n) is 3.12. The van der Waals surface area contributed by atoms with Gasteiger partial charge in [-0.25, -0.2) is 16.8 Å². The summed E-state index contributed by atoms with van der Waals surface area (Å²) in [5.41, 5.74) is 0.150. The molecule has 11 nitrogen and oxygen atoms in total. The van der Waals surface area contributed by atoms with E-state index in [2.05, 4.69) is 10.6 Å². The van der Waals surface area contributed by atoms with Gasteiger partial charge in [-0.2, -0.15) is 4.31 Å². The lowest BCUT2D eigenvalue weighted by molar-refractivity contribution is -0.147. The molecule has 0 spiro atoms. The molecule has 1 heterocycles. The topological polar surface area (TPSA) is 156 Å². The zero-order chi connectivity index (χ0) is 23.9. The van der Waals surface area contributed by atoms with Gasteiger partial charge in [-0.1, -0.05) is 13.8 Å². The van der Waals surface area contributed by atoms with Crippen LogP contribution in [0.3, 0.4) is 0 Å². The van der Waals surface area contributed by atoms with Crippen molar-refractivity contribution in [1.82, 2.24) is 14.9 Å². The minimum Gasteiger partial charge on any atom is -0.454 e. The van der Waals surface area contributed by atoms with Crippen molar-refractivity contribution in [2.24, 2.45) is 0 Å². The number of ether oxygens (including phenoxy) is 1. The van der Waals surface area contributed by atoms with Crippen LogP contribution in [0.2, 0.25) is 0 Å². The van der Waals surface area contributed by atoms with Gasteiger partial charge in [0.2, 0.25) is 10.0 Å². The molecule has 2 rings (SSSR count). The number of hydrogen-bond donors (Lipinski definition) is 2. The average molecular weight is 490 g/mol. The Bertz CT molecular complexity index is 1050. The first-order chi connectivity index (χ1) is 15.0. The summed E-state index contributed by atoms with van der Waals surface area (Å²) >= 11 is 0. The van der Waals surface area contributed by atoms with E-state index in [1.54, 1.807) is 13.8 Å². The summed E-state index contributed by atoms with van der Waals surface area (Å²) < 4.78 is 53.7. The summed E-state index contributed by atoms with van der Waals surface area (Å²) in [6, 6.07) is 4.79. The van der Waals surface area contributed by atoms with Gasteiger partial charge in [0.25, 0.3) is 11.8 Å². The number of carbonyl (C=O) groups excluding carboxylic acids is 3. The number of hydrogen-bond acceptors (Lipinski definition) is 8. The van der Waals surface area contributed by atoms with Gasteiger partial charge < -0.3 is 15.4 Å². The molecule has 2 N–H and O–H groups in total. The lowest BCUT2D eigenvalue weighted by Crippen LogP contribution is -2.39. The Labute approximate surface area is 187 Å². The minimum atomic E-state index is -3.64. The fraction of sp³-hybridized carbons (Fsp3) is 0.526. The Hall–Kier alpha value is -2.51. The minimum absolute atomic E-state index is 0.00609. The van der Waals surface area contributed by atoms with E-state index >= 15 is 0 Å². The third kappa shape index (κ3) is 7.00. The van der Waals surface area contributed by atoms with Gasteiger partial charge in [-0.15, -0.1) is 0 Å². The molecule has 0 bridgehead atoms. The van der Waals surface area contributed by atoms with Crippen molar-refractivity contribution in [3.05, 3.63) is 29.8 Å². The van der Waals surface area contributed by atoms with Crippen LogP contribution >= 0.6 is 0 Å².